The Morgan fingerprint density at radius 2 is 2.05 bits per heavy atom. The highest BCUT2D eigenvalue weighted by Crippen LogP contribution is 2.34. The third-order valence-corrected chi connectivity index (χ3v) is 7.52. The van der Waals surface area contributed by atoms with Crippen LogP contribution in [0.5, 0.6) is 0 Å². The Labute approximate surface area is 139 Å². The summed E-state index contributed by atoms with van der Waals surface area (Å²) in [6.45, 7) is 0. The van der Waals surface area contributed by atoms with E-state index in [0.717, 1.165) is 12.8 Å². The average molecular weight is 361 g/mol. The molecule has 1 unspecified atom stereocenters. The third kappa shape index (κ3) is 2.87. The van der Waals surface area contributed by atoms with Crippen molar-refractivity contribution in [3.63, 3.8) is 0 Å². The minimum atomic E-state index is -3.77. The summed E-state index contributed by atoms with van der Waals surface area (Å²) in [6.07, 6.45) is 2.00. The van der Waals surface area contributed by atoms with Gasteiger partial charge in [-0.25, -0.2) is 8.42 Å². The number of likely N-dealkylation sites (N-methyl/N-ethyl adjacent to an activating group) is 1. The molecule has 0 spiro atoms. The fourth-order valence-corrected chi connectivity index (χ4v) is 6.15. The lowest BCUT2D eigenvalue weighted by Gasteiger charge is -2.27. The molecule has 0 aromatic heterocycles. The molecule has 1 aromatic rings. The zero-order valence-corrected chi connectivity index (χ0v) is 14.5. The highest BCUT2D eigenvalue weighted by atomic mass is 35.5. The van der Waals surface area contributed by atoms with Crippen molar-refractivity contribution in [2.45, 2.75) is 29.8 Å². The van der Waals surface area contributed by atoms with Crippen LogP contribution in [0, 0.1) is 0 Å². The van der Waals surface area contributed by atoms with Crippen molar-refractivity contribution in [3.8, 4) is 0 Å². The van der Waals surface area contributed by atoms with Crippen molar-refractivity contribution in [1.82, 2.24) is 9.21 Å². The standard InChI is InChI=1S/C14H17ClN2O3S2/c1-16(10-6-7-10)14(18)12-8-21-9-17(12)22(19,20)13-5-3-2-4-11(13)15/h2-5,10,12H,6-9H2,1H3. The van der Waals surface area contributed by atoms with Crippen LogP contribution in [-0.2, 0) is 14.8 Å². The van der Waals surface area contributed by atoms with Crippen molar-refractivity contribution >= 4 is 39.3 Å². The molecule has 0 radical (unpaired) electrons. The van der Waals surface area contributed by atoms with Gasteiger partial charge in [0.1, 0.15) is 10.9 Å². The number of sulfonamides is 1. The number of halogens is 1. The molecule has 0 N–H and O–H groups in total. The molecule has 1 aliphatic carbocycles. The fourth-order valence-electron chi connectivity index (χ4n) is 2.52. The van der Waals surface area contributed by atoms with Gasteiger partial charge in [0.05, 0.1) is 10.9 Å². The molecule has 1 aliphatic heterocycles. The van der Waals surface area contributed by atoms with E-state index in [1.165, 1.54) is 22.1 Å². The van der Waals surface area contributed by atoms with Gasteiger partial charge in [0.25, 0.3) is 0 Å². The number of hydrogen-bond acceptors (Lipinski definition) is 4. The topological polar surface area (TPSA) is 57.7 Å². The molecule has 1 amide bonds. The maximum absolute atomic E-state index is 12.8. The first-order valence-corrected chi connectivity index (χ1v) is 10.0. The molecule has 2 fully saturated rings. The monoisotopic (exact) mass is 360 g/mol. The van der Waals surface area contributed by atoms with Crippen molar-refractivity contribution in [3.05, 3.63) is 29.3 Å². The first kappa shape index (κ1) is 16.1. The van der Waals surface area contributed by atoms with E-state index < -0.39 is 16.1 Å². The zero-order chi connectivity index (χ0) is 15.9. The molecule has 1 atom stereocenters. The molecular weight excluding hydrogens is 344 g/mol. The predicted molar refractivity (Wildman–Crippen MR) is 87.4 cm³/mol. The van der Waals surface area contributed by atoms with E-state index in [2.05, 4.69) is 0 Å². The molecule has 1 saturated carbocycles. The molecule has 22 heavy (non-hydrogen) atoms. The van der Waals surface area contributed by atoms with Crippen LogP contribution in [0.1, 0.15) is 12.8 Å². The highest BCUT2D eigenvalue weighted by molar-refractivity contribution is 8.00. The first-order chi connectivity index (χ1) is 10.4. The SMILES string of the molecule is CN(C(=O)C1CSCN1S(=O)(=O)c1ccccc1Cl)C1CC1. The minimum absolute atomic E-state index is 0.0611. The van der Waals surface area contributed by atoms with Crippen molar-refractivity contribution in [2.75, 3.05) is 18.7 Å². The molecule has 1 saturated heterocycles. The van der Waals surface area contributed by atoms with Gasteiger partial charge in [0.2, 0.25) is 15.9 Å². The van der Waals surface area contributed by atoms with E-state index in [0.29, 0.717) is 5.75 Å². The largest absolute Gasteiger partial charge is 0.341 e. The Balaban J connectivity index is 1.89. The van der Waals surface area contributed by atoms with Gasteiger partial charge in [0.15, 0.2) is 0 Å². The molecule has 5 nitrogen and oxygen atoms in total. The Kier molecular flexibility index (Phi) is 4.42. The molecule has 120 valence electrons. The first-order valence-electron chi connectivity index (χ1n) is 7.03. The summed E-state index contributed by atoms with van der Waals surface area (Å²) in [5, 5.41) is 0.182. The van der Waals surface area contributed by atoms with Gasteiger partial charge in [-0.05, 0) is 25.0 Å². The van der Waals surface area contributed by atoms with Gasteiger partial charge < -0.3 is 4.90 Å². The number of hydrogen-bond donors (Lipinski definition) is 0. The lowest BCUT2D eigenvalue weighted by molar-refractivity contribution is -0.133. The van der Waals surface area contributed by atoms with Crippen LogP contribution in [0.3, 0.4) is 0 Å². The van der Waals surface area contributed by atoms with Crippen LogP contribution in [0.15, 0.2) is 29.2 Å². The normalized spacial score (nSPS) is 22.7. The Morgan fingerprint density at radius 1 is 1.36 bits per heavy atom. The second-order valence-electron chi connectivity index (χ2n) is 5.52. The highest BCUT2D eigenvalue weighted by Gasteiger charge is 2.43. The van der Waals surface area contributed by atoms with E-state index in [4.69, 9.17) is 11.6 Å². The summed E-state index contributed by atoms with van der Waals surface area (Å²) in [5.74, 6) is 0.644. The van der Waals surface area contributed by atoms with E-state index in [9.17, 15) is 13.2 Å². The lowest BCUT2D eigenvalue weighted by Crippen LogP contribution is -2.48. The van der Waals surface area contributed by atoms with Gasteiger partial charge in [0, 0.05) is 18.8 Å². The number of amides is 1. The van der Waals surface area contributed by atoms with Crippen LogP contribution in [0.2, 0.25) is 5.02 Å². The molecule has 2 aliphatic rings. The van der Waals surface area contributed by atoms with E-state index >= 15 is 0 Å². The number of nitrogens with zero attached hydrogens (tertiary/aromatic N) is 2. The summed E-state index contributed by atoms with van der Waals surface area (Å²) < 4.78 is 26.9. The maximum Gasteiger partial charge on any atom is 0.246 e. The summed E-state index contributed by atoms with van der Waals surface area (Å²) in [6, 6.07) is 5.97. The molecule has 8 heteroatoms. The Hall–Kier alpha value is -0.760. The Morgan fingerprint density at radius 3 is 2.68 bits per heavy atom. The molecule has 1 aromatic carbocycles. The van der Waals surface area contributed by atoms with Crippen molar-refractivity contribution in [1.29, 1.82) is 0 Å². The smallest absolute Gasteiger partial charge is 0.246 e. The lowest BCUT2D eigenvalue weighted by atomic mass is 10.3. The summed E-state index contributed by atoms with van der Waals surface area (Å²) in [4.78, 5) is 14.3. The van der Waals surface area contributed by atoms with Crippen LogP contribution in [0.25, 0.3) is 0 Å². The minimum Gasteiger partial charge on any atom is -0.341 e. The quantitative estimate of drug-likeness (QED) is 0.824. The second-order valence-corrected chi connectivity index (χ2v) is 8.78. The van der Waals surface area contributed by atoms with Gasteiger partial charge in [-0.3, -0.25) is 4.79 Å². The summed E-state index contributed by atoms with van der Waals surface area (Å²) in [5.41, 5.74) is 0. The van der Waals surface area contributed by atoms with Gasteiger partial charge >= 0.3 is 0 Å². The predicted octanol–water partition coefficient (Wildman–Crippen LogP) is 2.02. The third-order valence-electron chi connectivity index (χ3n) is 3.99. The van der Waals surface area contributed by atoms with Crippen LogP contribution in [-0.4, -0.2) is 54.3 Å². The number of carbonyl (C=O) groups excluding carboxylic acids is 1. The van der Waals surface area contributed by atoms with Crippen molar-refractivity contribution < 1.29 is 13.2 Å². The van der Waals surface area contributed by atoms with E-state index in [1.807, 2.05) is 0 Å². The van der Waals surface area contributed by atoms with Gasteiger partial charge in [-0.15, -0.1) is 11.8 Å². The zero-order valence-electron chi connectivity index (χ0n) is 12.1. The fraction of sp³-hybridized carbons (Fsp3) is 0.500. The number of rotatable bonds is 4. The van der Waals surface area contributed by atoms with E-state index in [-0.39, 0.29) is 27.7 Å². The van der Waals surface area contributed by atoms with Gasteiger partial charge in [-0.1, -0.05) is 23.7 Å². The van der Waals surface area contributed by atoms with Crippen molar-refractivity contribution in [2.24, 2.45) is 0 Å². The molecule has 0 bridgehead atoms. The number of carbonyl (C=O) groups is 1. The van der Waals surface area contributed by atoms with Gasteiger partial charge in [-0.2, -0.15) is 4.31 Å². The second kappa shape index (κ2) is 6.03. The molecule has 3 rings (SSSR count). The van der Waals surface area contributed by atoms with Crippen LogP contribution < -0.4 is 0 Å². The molecule has 1 heterocycles. The van der Waals surface area contributed by atoms with E-state index in [1.54, 1.807) is 30.1 Å². The average Bonchev–Trinajstić information content (AvgIpc) is 3.22. The summed E-state index contributed by atoms with van der Waals surface area (Å²) in [7, 11) is -2.02. The maximum atomic E-state index is 12.8. The Bertz CT molecular complexity index is 691. The van der Waals surface area contributed by atoms with Crippen LogP contribution in [0.4, 0.5) is 0 Å². The number of thioether (sulfide) groups is 1. The summed E-state index contributed by atoms with van der Waals surface area (Å²) >= 11 is 7.48. The van der Waals surface area contributed by atoms with Crippen LogP contribution >= 0.6 is 23.4 Å². The number of benzene rings is 1. The molecular formula is C14H17ClN2O3S2.